The molecule has 2 aromatic rings. The molecule has 0 unspecified atom stereocenters. The molecule has 94 valence electrons. The van der Waals surface area contributed by atoms with Crippen molar-refractivity contribution in [2.75, 3.05) is 12.4 Å². The van der Waals surface area contributed by atoms with Crippen molar-refractivity contribution in [1.29, 1.82) is 0 Å². The highest BCUT2D eigenvalue weighted by atomic mass is 79.9. The van der Waals surface area contributed by atoms with E-state index in [0.29, 0.717) is 17.0 Å². The Bertz CT molecular complexity index is 567. The minimum atomic E-state index is -0.229. The van der Waals surface area contributed by atoms with Crippen LogP contribution in [0.2, 0.25) is 0 Å². The first-order chi connectivity index (χ1) is 8.61. The highest BCUT2D eigenvalue weighted by Gasteiger charge is 2.13. The molecule has 0 fully saturated rings. The Morgan fingerprint density at radius 1 is 1.50 bits per heavy atom. The highest BCUT2D eigenvalue weighted by molar-refractivity contribution is 9.10. The zero-order chi connectivity index (χ0) is 13.1. The summed E-state index contributed by atoms with van der Waals surface area (Å²) in [5, 5.41) is 9.15. The third-order valence-corrected chi connectivity index (χ3v) is 2.94. The molecule has 1 aromatic carbocycles. The molecule has 1 amide bonds. The number of hydrogen-bond donors (Lipinski definition) is 2. The lowest BCUT2D eigenvalue weighted by molar-refractivity contribution is 0.102. The van der Waals surface area contributed by atoms with E-state index in [1.807, 2.05) is 13.0 Å². The minimum absolute atomic E-state index is 0.229. The number of benzene rings is 1. The Morgan fingerprint density at radius 3 is 2.89 bits per heavy atom. The van der Waals surface area contributed by atoms with Crippen LogP contribution in [0.3, 0.4) is 0 Å². The van der Waals surface area contributed by atoms with E-state index in [-0.39, 0.29) is 5.91 Å². The van der Waals surface area contributed by atoms with Crippen LogP contribution in [0.5, 0.6) is 5.75 Å². The molecule has 5 nitrogen and oxygen atoms in total. The monoisotopic (exact) mass is 309 g/mol. The highest BCUT2D eigenvalue weighted by Crippen LogP contribution is 2.32. The number of aromatic nitrogens is 2. The van der Waals surface area contributed by atoms with Gasteiger partial charge in [0, 0.05) is 10.7 Å². The second kappa shape index (κ2) is 5.22. The first kappa shape index (κ1) is 12.6. The summed E-state index contributed by atoms with van der Waals surface area (Å²) in [6.45, 7) is 1.90. The van der Waals surface area contributed by atoms with Crippen molar-refractivity contribution >= 4 is 27.5 Å². The van der Waals surface area contributed by atoms with Gasteiger partial charge in [0.1, 0.15) is 5.75 Å². The lowest BCUT2D eigenvalue weighted by Gasteiger charge is -2.13. The second-order valence-electron chi connectivity index (χ2n) is 3.74. The number of halogens is 1. The molecule has 2 rings (SSSR count). The van der Waals surface area contributed by atoms with Gasteiger partial charge in [0.05, 0.1) is 24.6 Å². The molecule has 0 spiro atoms. The number of carbonyl (C=O) groups excluding carboxylic acids is 1. The molecule has 18 heavy (non-hydrogen) atoms. The van der Waals surface area contributed by atoms with Crippen molar-refractivity contribution < 1.29 is 9.53 Å². The summed E-state index contributed by atoms with van der Waals surface area (Å²) in [7, 11) is 1.56. The third-order valence-electron chi connectivity index (χ3n) is 2.48. The fraction of sp³-hybridized carbons (Fsp3) is 0.167. The van der Waals surface area contributed by atoms with E-state index < -0.39 is 0 Å². The molecule has 6 heteroatoms. The van der Waals surface area contributed by atoms with E-state index >= 15 is 0 Å². The van der Waals surface area contributed by atoms with Gasteiger partial charge in [0.15, 0.2) is 0 Å². The number of nitrogens with one attached hydrogen (secondary N) is 2. The zero-order valence-electron chi connectivity index (χ0n) is 9.95. The van der Waals surface area contributed by atoms with Crippen molar-refractivity contribution in [3.63, 3.8) is 0 Å². The van der Waals surface area contributed by atoms with Crippen molar-refractivity contribution in [3.05, 3.63) is 40.1 Å². The summed E-state index contributed by atoms with van der Waals surface area (Å²) in [6, 6.07) is 3.71. The number of aromatic amines is 1. The van der Waals surface area contributed by atoms with E-state index in [1.165, 1.54) is 12.4 Å². The van der Waals surface area contributed by atoms with Gasteiger partial charge in [0.2, 0.25) is 0 Å². The van der Waals surface area contributed by atoms with E-state index in [9.17, 15) is 4.79 Å². The van der Waals surface area contributed by atoms with Crippen molar-refractivity contribution in [2.24, 2.45) is 0 Å². The quantitative estimate of drug-likeness (QED) is 0.916. The zero-order valence-corrected chi connectivity index (χ0v) is 11.5. The van der Waals surface area contributed by atoms with Crippen LogP contribution in [0.25, 0.3) is 0 Å². The largest absolute Gasteiger partial charge is 0.495 e. The van der Waals surface area contributed by atoms with Crippen molar-refractivity contribution in [1.82, 2.24) is 10.2 Å². The lowest BCUT2D eigenvalue weighted by atomic mass is 10.1. The standard InChI is InChI=1S/C12H12BrN3O2/c1-7-3-9(13)4-10(18-2)11(7)16-12(17)8-5-14-15-6-8/h3-6H,1-2H3,(H,14,15)(H,16,17). The molecular formula is C12H12BrN3O2. The lowest BCUT2D eigenvalue weighted by Crippen LogP contribution is -2.13. The molecule has 0 aliphatic carbocycles. The number of ether oxygens (including phenoxy) is 1. The van der Waals surface area contributed by atoms with Crippen LogP contribution in [0.4, 0.5) is 5.69 Å². The Labute approximate surface area is 113 Å². The predicted molar refractivity (Wildman–Crippen MR) is 72.0 cm³/mol. The molecule has 1 heterocycles. The number of hydrogen-bond acceptors (Lipinski definition) is 3. The second-order valence-corrected chi connectivity index (χ2v) is 4.66. The average Bonchev–Trinajstić information content (AvgIpc) is 2.85. The van der Waals surface area contributed by atoms with Gasteiger partial charge in [-0.25, -0.2) is 0 Å². The molecule has 0 bridgehead atoms. The van der Waals surface area contributed by atoms with Gasteiger partial charge in [0.25, 0.3) is 5.91 Å². The molecule has 0 saturated heterocycles. The topological polar surface area (TPSA) is 67.0 Å². The van der Waals surface area contributed by atoms with Gasteiger partial charge in [-0.2, -0.15) is 5.10 Å². The van der Waals surface area contributed by atoms with Crippen molar-refractivity contribution in [2.45, 2.75) is 6.92 Å². The molecular weight excluding hydrogens is 298 g/mol. The first-order valence-corrected chi connectivity index (χ1v) is 6.05. The van der Waals surface area contributed by atoms with Crippen LogP contribution < -0.4 is 10.1 Å². The smallest absolute Gasteiger partial charge is 0.258 e. The number of amides is 1. The van der Waals surface area contributed by atoms with Crippen LogP contribution >= 0.6 is 15.9 Å². The van der Waals surface area contributed by atoms with Crippen LogP contribution in [-0.2, 0) is 0 Å². The van der Waals surface area contributed by atoms with Crippen LogP contribution in [0, 0.1) is 6.92 Å². The van der Waals surface area contributed by atoms with Gasteiger partial charge < -0.3 is 10.1 Å². The molecule has 2 N–H and O–H groups in total. The van der Waals surface area contributed by atoms with E-state index in [1.54, 1.807) is 13.2 Å². The number of carbonyl (C=O) groups is 1. The Kier molecular flexibility index (Phi) is 3.66. The maximum Gasteiger partial charge on any atom is 0.258 e. The summed E-state index contributed by atoms with van der Waals surface area (Å²) in [6.07, 6.45) is 3.01. The number of aryl methyl sites for hydroxylation is 1. The molecule has 0 aliphatic heterocycles. The molecule has 0 saturated carbocycles. The average molecular weight is 310 g/mol. The Hall–Kier alpha value is -1.82. The number of anilines is 1. The summed E-state index contributed by atoms with van der Waals surface area (Å²) < 4.78 is 6.16. The van der Waals surface area contributed by atoms with Crippen LogP contribution in [0.1, 0.15) is 15.9 Å². The molecule has 1 aromatic heterocycles. The third kappa shape index (κ3) is 2.53. The SMILES string of the molecule is COc1cc(Br)cc(C)c1NC(=O)c1cn[nH]c1. The maximum absolute atomic E-state index is 11.9. The summed E-state index contributed by atoms with van der Waals surface area (Å²) in [4.78, 5) is 11.9. The number of nitrogens with zero attached hydrogens (tertiary/aromatic N) is 1. The van der Waals surface area contributed by atoms with E-state index in [2.05, 4.69) is 31.4 Å². The summed E-state index contributed by atoms with van der Waals surface area (Å²) >= 11 is 3.39. The van der Waals surface area contributed by atoms with E-state index in [0.717, 1.165) is 10.0 Å². The molecule has 0 radical (unpaired) electrons. The number of rotatable bonds is 3. The van der Waals surface area contributed by atoms with Gasteiger partial charge >= 0.3 is 0 Å². The van der Waals surface area contributed by atoms with Crippen molar-refractivity contribution in [3.8, 4) is 5.75 Å². The Balaban J connectivity index is 2.31. The summed E-state index contributed by atoms with van der Waals surface area (Å²) in [5.74, 6) is 0.381. The van der Waals surface area contributed by atoms with Gasteiger partial charge in [-0.3, -0.25) is 9.89 Å². The molecule has 0 atom stereocenters. The minimum Gasteiger partial charge on any atom is -0.495 e. The fourth-order valence-electron chi connectivity index (χ4n) is 1.59. The normalized spacial score (nSPS) is 10.2. The Morgan fingerprint density at radius 2 is 2.28 bits per heavy atom. The number of methoxy groups -OCH3 is 1. The fourth-order valence-corrected chi connectivity index (χ4v) is 2.15. The van der Waals surface area contributed by atoms with Crippen LogP contribution in [-0.4, -0.2) is 23.2 Å². The maximum atomic E-state index is 11.9. The van der Waals surface area contributed by atoms with Gasteiger partial charge in [-0.1, -0.05) is 15.9 Å². The first-order valence-electron chi connectivity index (χ1n) is 5.26. The predicted octanol–water partition coefficient (Wildman–Crippen LogP) is 2.74. The van der Waals surface area contributed by atoms with Gasteiger partial charge in [-0.15, -0.1) is 0 Å². The summed E-state index contributed by atoms with van der Waals surface area (Å²) in [5.41, 5.74) is 2.05. The molecule has 0 aliphatic rings. The van der Waals surface area contributed by atoms with Crippen LogP contribution in [0.15, 0.2) is 29.0 Å². The van der Waals surface area contributed by atoms with Gasteiger partial charge in [-0.05, 0) is 24.6 Å². The number of H-pyrrole nitrogens is 1. The van der Waals surface area contributed by atoms with E-state index in [4.69, 9.17) is 4.74 Å².